The van der Waals surface area contributed by atoms with Gasteiger partial charge in [-0.3, -0.25) is 4.79 Å². The number of hydrogen-bond acceptors (Lipinski definition) is 5. The highest BCUT2D eigenvalue weighted by Crippen LogP contribution is 2.27. The number of aromatic nitrogens is 2. The molecule has 1 saturated heterocycles. The van der Waals surface area contributed by atoms with Crippen LogP contribution in [-0.2, 0) is 21.9 Å². The number of aryl methyl sites for hydroxylation is 1. The van der Waals surface area contributed by atoms with Crippen molar-refractivity contribution in [1.29, 1.82) is 0 Å². The molecule has 28 heavy (non-hydrogen) atoms. The van der Waals surface area contributed by atoms with Gasteiger partial charge in [-0.25, -0.2) is 13.4 Å². The van der Waals surface area contributed by atoms with E-state index in [0.717, 1.165) is 11.6 Å². The quantitative estimate of drug-likeness (QED) is 0.724. The van der Waals surface area contributed by atoms with Gasteiger partial charge in [0.1, 0.15) is 0 Å². The number of sulfonamides is 1. The second-order valence-electron chi connectivity index (χ2n) is 7.45. The third-order valence-electron chi connectivity index (χ3n) is 4.72. The molecule has 2 aromatic rings. The molecule has 1 fully saturated rings. The van der Waals surface area contributed by atoms with Crippen LogP contribution in [0.15, 0.2) is 46.7 Å². The van der Waals surface area contributed by atoms with Gasteiger partial charge in [0.2, 0.25) is 15.9 Å². The molecule has 0 radical (unpaired) electrons. The van der Waals surface area contributed by atoms with Crippen LogP contribution in [0.5, 0.6) is 0 Å². The van der Waals surface area contributed by atoms with Crippen LogP contribution >= 0.6 is 11.8 Å². The highest BCUT2D eigenvalue weighted by molar-refractivity contribution is 7.99. The highest BCUT2D eigenvalue weighted by Gasteiger charge is 2.31. The van der Waals surface area contributed by atoms with Crippen LogP contribution in [0.25, 0.3) is 0 Å². The first-order valence-corrected chi connectivity index (χ1v) is 11.7. The van der Waals surface area contributed by atoms with Crippen LogP contribution in [0.3, 0.4) is 0 Å². The van der Waals surface area contributed by atoms with Gasteiger partial charge in [0.15, 0.2) is 5.16 Å². The molecule has 0 aliphatic carbocycles. The first kappa shape index (κ1) is 20.9. The number of imidazole rings is 1. The van der Waals surface area contributed by atoms with Gasteiger partial charge in [0, 0.05) is 38.2 Å². The maximum Gasteiger partial charge on any atom is 0.243 e. The molecule has 0 unspecified atom stereocenters. The molecule has 0 spiro atoms. The van der Waals surface area contributed by atoms with E-state index in [1.807, 2.05) is 17.8 Å². The summed E-state index contributed by atoms with van der Waals surface area (Å²) in [6, 6.07) is 6.38. The monoisotopic (exact) mass is 422 g/mol. The first-order valence-electron chi connectivity index (χ1n) is 9.26. The summed E-state index contributed by atoms with van der Waals surface area (Å²) in [6.45, 7) is 5.27. The fraction of sp³-hybridized carbons (Fsp3) is 0.474. The maximum absolute atomic E-state index is 12.9. The van der Waals surface area contributed by atoms with Crippen LogP contribution < -0.4 is 5.32 Å². The van der Waals surface area contributed by atoms with Gasteiger partial charge in [-0.05, 0) is 42.5 Å². The molecule has 1 aliphatic heterocycles. The lowest BCUT2D eigenvalue weighted by Gasteiger charge is -2.34. The van der Waals surface area contributed by atoms with Crippen molar-refractivity contribution in [2.75, 3.05) is 24.2 Å². The molecule has 3 rings (SSSR count). The van der Waals surface area contributed by atoms with Crippen molar-refractivity contribution < 1.29 is 13.2 Å². The van der Waals surface area contributed by atoms with Crippen molar-refractivity contribution in [1.82, 2.24) is 13.9 Å². The summed E-state index contributed by atoms with van der Waals surface area (Å²) in [5, 5.41) is 3.56. The van der Waals surface area contributed by atoms with E-state index in [9.17, 15) is 13.2 Å². The summed E-state index contributed by atoms with van der Waals surface area (Å²) in [5.41, 5.74) is 0.574. The number of amides is 1. The summed E-state index contributed by atoms with van der Waals surface area (Å²) in [7, 11) is -1.64. The smallest absolute Gasteiger partial charge is 0.243 e. The molecule has 0 saturated carbocycles. The predicted molar refractivity (Wildman–Crippen MR) is 111 cm³/mol. The Morgan fingerprint density at radius 1 is 1.21 bits per heavy atom. The van der Waals surface area contributed by atoms with Crippen molar-refractivity contribution in [2.24, 2.45) is 18.9 Å². The normalized spacial score (nSPS) is 20.8. The molecule has 2 heterocycles. The minimum absolute atomic E-state index is 0.165. The van der Waals surface area contributed by atoms with Crippen LogP contribution in [-0.4, -0.2) is 47.0 Å². The van der Waals surface area contributed by atoms with E-state index in [2.05, 4.69) is 24.1 Å². The van der Waals surface area contributed by atoms with Gasteiger partial charge in [-0.1, -0.05) is 25.6 Å². The number of piperidine rings is 1. The summed E-state index contributed by atoms with van der Waals surface area (Å²) in [5.74, 6) is 0.776. The van der Waals surface area contributed by atoms with Gasteiger partial charge in [0.25, 0.3) is 0 Å². The number of benzene rings is 1. The summed E-state index contributed by atoms with van der Waals surface area (Å²) in [4.78, 5) is 16.5. The minimum Gasteiger partial charge on any atom is -0.329 e. The van der Waals surface area contributed by atoms with E-state index >= 15 is 0 Å². The Kier molecular flexibility index (Phi) is 6.47. The Bertz CT molecular complexity index is 915. The Morgan fingerprint density at radius 2 is 1.86 bits per heavy atom. The number of thioether (sulfide) groups is 1. The molecular weight excluding hydrogens is 396 g/mol. The number of hydrogen-bond donors (Lipinski definition) is 1. The molecular formula is C19H26N4O3S2. The van der Waals surface area contributed by atoms with Crippen LogP contribution in [0.4, 0.5) is 5.69 Å². The number of carbonyl (C=O) groups is 1. The fourth-order valence-electron chi connectivity index (χ4n) is 3.48. The summed E-state index contributed by atoms with van der Waals surface area (Å²) < 4.78 is 29.2. The van der Waals surface area contributed by atoms with E-state index in [0.29, 0.717) is 30.6 Å². The minimum atomic E-state index is -3.51. The van der Waals surface area contributed by atoms with Gasteiger partial charge < -0.3 is 9.88 Å². The lowest BCUT2D eigenvalue weighted by molar-refractivity contribution is -0.113. The molecule has 0 bridgehead atoms. The molecule has 1 aromatic carbocycles. The van der Waals surface area contributed by atoms with E-state index in [-0.39, 0.29) is 16.6 Å². The lowest BCUT2D eigenvalue weighted by Crippen LogP contribution is -2.42. The molecule has 1 aromatic heterocycles. The van der Waals surface area contributed by atoms with Crippen molar-refractivity contribution in [3.05, 3.63) is 36.7 Å². The van der Waals surface area contributed by atoms with Gasteiger partial charge in [-0.15, -0.1) is 0 Å². The molecule has 1 N–H and O–H groups in total. The Hall–Kier alpha value is -1.84. The zero-order valence-electron chi connectivity index (χ0n) is 16.3. The maximum atomic E-state index is 12.9. The Labute approximate surface area is 170 Å². The van der Waals surface area contributed by atoms with Crippen LogP contribution in [0.2, 0.25) is 0 Å². The van der Waals surface area contributed by atoms with Crippen molar-refractivity contribution in [3.8, 4) is 0 Å². The second kappa shape index (κ2) is 8.67. The van der Waals surface area contributed by atoms with Crippen LogP contribution in [0, 0.1) is 11.8 Å². The summed E-state index contributed by atoms with van der Waals surface area (Å²) in [6.07, 6.45) is 4.56. The molecule has 152 valence electrons. The van der Waals surface area contributed by atoms with Crippen molar-refractivity contribution in [3.63, 3.8) is 0 Å². The number of nitrogens with zero attached hydrogens (tertiary/aromatic N) is 3. The first-order chi connectivity index (χ1) is 13.3. The fourth-order valence-corrected chi connectivity index (χ4v) is 5.89. The third-order valence-corrected chi connectivity index (χ3v) is 7.62. The predicted octanol–water partition coefficient (Wildman–Crippen LogP) is 2.82. The van der Waals surface area contributed by atoms with Crippen molar-refractivity contribution in [2.45, 2.75) is 30.3 Å². The SMILES string of the molecule is C[C@@H]1C[C@H](C)CN(S(=O)(=O)c2ccc(NC(=O)CSc3nccn3C)cc2)C1. The van der Waals surface area contributed by atoms with Crippen LogP contribution in [0.1, 0.15) is 20.3 Å². The number of nitrogens with one attached hydrogen (secondary N) is 1. The average molecular weight is 423 g/mol. The van der Waals surface area contributed by atoms with E-state index in [1.54, 1.807) is 34.8 Å². The third kappa shape index (κ3) is 4.95. The van der Waals surface area contributed by atoms with E-state index in [1.165, 1.54) is 11.8 Å². The number of rotatable bonds is 6. The molecule has 9 heteroatoms. The Balaban J connectivity index is 1.61. The molecule has 1 aliphatic rings. The zero-order valence-corrected chi connectivity index (χ0v) is 18.0. The lowest BCUT2D eigenvalue weighted by atomic mass is 9.94. The number of anilines is 1. The Morgan fingerprint density at radius 3 is 2.43 bits per heavy atom. The van der Waals surface area contributed by atoms with Gasteiger partial charge in [0.05, 0.1) is 10.6 Å². The molecule has 2 atom stereocenters. The molecule has 1 amide bonds. The second-order valence-corrected chi connectivity index (χ2v) is 10.3. The van der Waals surface area contributed by atoms with Gasteiger partial charge in [-0.2, -0.15) is 4.31 Å². The standard InChI is InChI=1S/C19H26N4O3S2/c1-14-10-15(2)12-23(11-14)28(25,26)17-6-4-16(5-7-17)21-18(24)13-27-19-20-8-9-22(19)3/h4-9,14-15H,10-13H2,1-3H3,(H,21,24)/t14-,15+. The summed E-state index contributed by atoms with van der Waals surface area (Å²) >= 11 is 1.34. The average Bonchev–Trinajstić information content (AvgIpc) is 3.04. The van der Waals surface area contributed by atoms with Gasteiger partial charge >= 0.3 is 0 Å². The highest BCUT2D eigenvalue weighted by atomic mass is 32.2. The van der Waals surface area contributed by atoms with Crippen molar-refractivity contribution >= 4 is 33.4 Å². The topological polar surface area (TPSA) is 84.3 Å². The van der Waals surface area contributed by atoms with E-state index < -0.39 is 10.0 Å². The van der Waals surface area contributed by atoms with E-state index in [4.69, 9.17) is 0 Å². The largest absolute Gasteiger partial charge is 0.329 e. The molecule has 7 nitrogen and oxygen atoms in total. The number of carbonyl (C=O) groups excluding carboxylic acids is 1. The zero-order chi connectivity index (χ0) is 20.3.